The van der Waals surface area contributed by atoms with E-state index in [1.807, 2.05) is 19.2 Å². The molecule has 1 atom stereocenters. The highest BCUT2D eigenvalue weighted by atomic mass is 19.1. The third kappa shape index (κ3) is 3.84. The number of halogens is 1. The van der Waals surface area contributed by atoms with Crippen LogP contribution in [-0.4, -0.2) is 7.05 Å². The van der Waals surface area contributed by atoms with Gasteiger partial charge >= 0.3 is 0 Å². The molecule has 1 aliphatic carbocycles. The zero-order valence-electron chi connectivity index (χ0n) is 13.1. The molecule has 1 nitrogen and oxygen atoms in total. The lowest BCUT2D eigenvalue weighted by molar-refractivity contribution is 0.543. The van der Waals surface area contributed by atoms with Gasteiger partial charge in [0.2, 0.25) is 0 Å². The Labute approximate surface area is 122 Å². The van der Waals surface area contributed by atoms with Crippen LogP contribution in [0.2, 0.25) is 0 Å². The zero-order valence-corrected chi connectivity index (χ0v) is 13.1. The Bertz CT molecular complexity index is 496. The second-order valence-electron chi connectivity index (χ2n) is 6.34. The lowest BCUT2D eigenvalue weighted by atomic mass is 9.87. The van der Waals surface area contributed by atoms with Crippen LogP contribution in [0.3, 0.4) is 0 Å². The number of anilines is 1. The van der Waals surface area contributed by atoms with Crippen LogP contribution in [-0.2, 0) is 6.42 Å². The molecule has 0 amide bonds. The molecule has 1 N–H and O–H groups in total. The Hall–Kier alpha value is -1.31. The maximum atomic E-state index is 14.1. The number of allylic oxidation sites excluding steroid dienone is 2. The highest BCUT2D eigenvalue weighted by Crippen LogP contribution is 2.38. The molecule has 0 bridgehead atoms. The van der Waals surface area contributed by atoms with Gasteiger partial charge < -0.3 is 5.32 Å². The molecule has 2 heteroatoms. The van der Waals surface area contributed by atoms with Crippen molar-refractivity contribution < 1.29 is 4.39 Å². The SMILES string of the molecule is CNc1ccc(CC(=C(C)C)C(C)CC2CC2)c(F)c1. The summed E-state index contributed by atoms with van der Waals surface area (Å²) < 4.78 is 14.1. The van der Waals surface area contributed by atoms with E-state index in [-0.39, 0.29) is 5.82 Å². The standard InChI is InChI=1S/C18H26FN/c1-12(2)17(13(3)9-14-5-6-14)10-15-7-8-16(20-4)11-18(15)19/h7-8,11,13-14,20H,5-6,9-10H2,1-4H3. The van der Waals surface area contributed by atoms with Gasteiger partial charge in [0.25, 0.3) is 0 Å². The molecule has 1 aromatic carbocycles. The van der Waals surface area contributed by atoms with Gasteiger partial charge in [0, 0.05) is 12.7 Å². The second kappa shape index (κ2) is 6.43. The molecule has 110 valence electrons. The summed E-state index contributed by atoms with van der Waals surface area (Å²) in [7, 11) is 1.81. The van der Waals surface area contributed by atoms with Gasteiger partial charge in [0.15, 0.2) is 0 Å². The first-order chi connectivity index (χ1) is 9.51. The first-order valence-corrected chi connectivity index (χ1v) is 7.63. The van der Waals surface area contributed by atoms with Gasteiger partial charge in [-0.2, -0.15) is 0 Å². The Morgan fingerprint density at radius 2 is 2.05 bits per heavy atom. The third-order valence-electron chi connectivity index (χ3n) is 4.34. The molecule has 1 aromatic rings. The van der Waals surface area contributed by atoms with Crippen molar-refractivity contribution in [1.29, 1.82) is 0 Å². The van der Waals surface area contributed by atoms with Gasteiger partial charge in [-0.15, -0.1) is 0 Å². The van der Waals surface area contributed by atoms with E-state index in [9.17, 15) is 4.39 Å². The molecule has 2 rings (SSSR count). The smallest absolute Gasteiger partial charge is 0.128 e. The van der Waals surface area contributed by atoms with Crippen LogP contribution in [0.25, 0.3) is 0 Å². The van der Waals surface area contributed by atoms with Gasteiger partial charge in [-0.05, 0) is 56.2 Å². The molecule has 0 aromatic heterocycles. The predicted molar refractivity (Wildman–Crippen MR) is 84.5 cm³/mol. The fourth-order valence-corrected chi connectivity index (χ4v) is 2.89. The van der Waals surface area contributed by atoms with E-state index in [0.717, 1.165) is 23.6 Å². The van der Waals surface area contributed by atoms with Crippen molar-refractivity contribution in [3.05, 3.63) is 40.7 Å². The fraction of sp³-hybridized carbons (Fsp3) is 0.556. The Morgan fingerprint density at radius 1 is 1.35 bits per heavy atom. The van der Waals surface area contributed by atoms with Crippen molar-refractivity contribution in [3.8, 4) is 0 Å². The van der Waals surface area contributed by atoms with E-state index in [2.05, 4.69) is 26.1 Å². The monoisotopic (exact) mass is 275 g/mol. The summed E-state index contributed by atoms with van der Waals surface area (Å²) in [5.41, 5.74) is 4.39. The Morgan fingerprint density at radius 3 is 2.55 bits per heavy atom. The molecule has 0 aliphatic heterocycles. The molecule has 1 aliphatic rings. The van der Waals surface area contributed by atoms with E-state index in [1.54, 1.807) is 6.07 Å². The minimum atomic E-state index is -0.103. The number of hydrogen-bond donors (Lipinski definition) is 1. The van der Waals surface area contributed by atoms with Crippen LogP contribution >= 0.6 is 0 Å². The summed E-state index contributed by atoms with van der Waals surface area (Å²) in [6.45, 7) is 6.59. The van der Waals surface area contributed by atoms with Gasteiger partial charge in [0.05, 0.1) is 0 Å². The zero-order chi connectivity index (χ0) is 14.7. The van der Waals surface area contributed by atoms with Crippen molar-refractivity contribution in [2.45, 2.75) is 46.5 Å². The van der Waals surface area contributed by atoms with E-state index >= 15 is 0 Å². The van der Waals surface area contributed by atoms with Gasteiger partial charge in [-0.1, -0.05) is 37.0 Å². The molecule has 1 saturated carbocycles. The minimum absolute atomic E-state index is 0.103. The van der Waals surface area contributed by atoms with Crippen LogP contribution in [0.5, 0.6) is 0 Å². The molecule has 1 unspecified atom stereocenters. The summed E-state index contributed by atoms with van der Waals surface area (Å²) in [5.74, 6) is 1.38. The average molecular weight is 275 g/mol. The number of hydrogen-bond acceptors (Lipinski definition) is 1. The summed E-state index contributed by atoms with van der Waals surface area (Å²) in [4.78, 5) is 0. The summed E-state index contributed by atoms with van der Waals surface area (Å²) in [5, 5.41) is 2.98. The van der Waals surface area contributed by atoms with Crippen LogP contribution in [0.1, 0.15) is 45.6 Å². The summed E-state index contributed by atoms with van der Waals surface area (Å²) >= 11 is 0. The van der Waals surface area contributed by atoms with Crippen molar-refractivity contribution in [3.63, 3.8) is 0 Å². The topological polar surface area (TPSA) is 12.0 Å². The highest BCUT2D eigenvalue weighted by Gasteiger charge is 2.25. The average Bonchev–Trinajstić information content (AvgIpc) is 3.20. The summed E-state index contributed by atoms with van der Waals surface area (Å²) in [6, 6.07) is 5.45. The Balaban J connectivity index is 2.13. The van der Waals surface area contributed by atoms with Crippen molar-refractivity contribution in [2.75, 3.05) is 12.4 Å². The van der Waals surface area contributed by atoms with Gasteiger partial charge in [0.1, 0.15) is 5.82 Å². The maximum Gasteiger partial charge on any atom is 0.128 e. The van der Waals surface area contributed by atoms with E-state index < -0.39 is 0 Å². The molecular weight excluding hydrogens is 249 g/mol. The largest absolute Gasteiger partial charge is 0.388 e. The first kappa shape index (κ1) is 15.1. The normalized spacial score (nSPS) is 15.8. The van der Waals surface area contributed by atoms with E-state index in [0.29, 0.717) is 5.92 Å². The van der Waals surface area contributed by atoms with E-state index in [4.69, 9.17) is 0 Å². The van der Waals surface area contributed by atoms with Crippen LogP contribution in [0, 0.1) is 17.7 Å². The van der Waals surface area contributed by atoms with Gasteiger partial charge in [-0.3, -0.25) is 0 Å². The van der Waals surface area contributed by atoms with Crippen LogP contribution in [0.4, 0.5) is 10.1 Å². The quantitative estimate of drug-likeness (QED) is 0.705. The highest BCUT2D eigenvalue weighted by molar-refractivity contribution is 5.45. The van der Waals surface area contributed by atoms with Crippen molar-refractivity contribution >= 4 is 5.69 Å². The maximum absolute atomic E-state index is 14.1. The first-order valence-electron chi connectivity index (χ1n) is 7.63. The number of nitrogens with one attached hydrogen (secondary N) is 1. The molecule has 0 heterocycles. The lowest BCUT2D eigenvalue weighted by Crippen LogP contribution is -2.07. The van der Waals surface area contributed by atoms with E-state index in [1.165, 1.54) is 30.4 Å². The lowest BCUT2D eigenvalue weighted by Gasteiger charge is -2.19. The molecule has 1 fully saturated rings. The molecular formula is C18H26FN. The summed E-state index contributed by atoms with van der Waals surface area (Å²) in [6.07, 6.45) is 4.76. The molecule has 20 heavy (non-hydrogen) atoms. The van der Waals surface area contributed by atoms with Crippen LogP contribution < -0.4 is 5.32 Å². The number of rotatable bonds is 6. The van der Waals surface area contributed by atoms with Crippen LogP contribution in [0.15, 0.2) is 29.3 Å². The number of benzene rings is 1. The molecule has 0 saturated heterocycles. The van der Waals surface area contributed by atoms with Crippen molar-refractivity contribution in [2.24, 2.45) is 11.8 Å². The molecule has 0 radical (unpaired) electrons. The Kier molecular flexibility index (Phi) is 4.85. The fourth-order valence-electron chi connectivity index (χ4n) is 2.89. The minimum Gasteiger partial charge on any atom is -0.388 e. The van der Waals surface area contributed by atoms with Crippen molar-refractivity contribution in [1.82, 2.24) is 0 Å². The third-order valence-corrected chi connectivity index (χ3v) is 4.34. The van der Waals surface area contributed by atoms with Gasteiger partial charge in [-0.25, -0.2) is 4.39 Å². The predicted octanol–water partition coefficient (Wildman–Crippen LogP) is 5.18. The molecule has 0 spiro atoms. The second-order valence-corrected chi connectivity index (χ2v) is 6.34.